The molecule has 0 saturated carbocycles. The number of carbonyl (C=O) groups is 2. The average Bonchev–Trinajstić information content (AvgIpc) is 3.40. The molecule has 178 valence electrons. The van der Waals surface area contributed by atoms with Gasteiger partial charge in [0.25, 0.3) is 0 Å². The van der Waals surface area contributed by atoms with Crippen LogP contribution < -0.4 is 9.47 Å². The fourth-order valence-corrected chi connectivity index (χ4v) is 5.11. The predicted molar refractivity (Wildman–Crippen MR) is 124 cm³/mol. The highest BCUT2D eigenvalue weighted by Gasteiger charge is 2.47. The summed E-state index contributed by atoms with van der Waals surface area (Å²) in [5.74, 6) is 0.0332. The summed E-state index contributed by atoms with van der Waals surface area (Å²) in [5.41, 5.74) is 1.94. The first-order valence-electron chi connectivity index (χ1n) is 11.7. The van der Waals surface area contributed by atoms with E-state index in [9.17, 15) is 14.7 Å². The fourth-order valence-electron chi connectivity index (χ4n) is 5.11. The summed E-state index contributed by atoms with van der Waals surface area (Å²) >= 11 is 0. The molecule has 6 rings (SSSR count). The Labute approximate surface area is 202 Å². The van der Waals surface area contributed by atoms with Gasteiger partial charge in [0, 0.05) is 18.6 Å². The molecule has 0 aromatic heterocycles. The lowest BCUT2D eigenvalue weighted by atomic mass is 9.95. The molecule has 0 radical (unpaired) electrons. The number of aromatic hydroxyl groups is 1. The maximum absolute atomic E-state index is 12.9. The Morgan fingerprint density at radius 2 is 1.63 bits per heavy atom. The van der Waals surface area contributed by atoms with Gasteiger partial charge >= 0.3 is 5.97 Å². The van der Waals surface area contributed by atoms with Crippen molar-refractivity contribution in [2.24, 2.45) is 0 Å². The first kappa shape index (κ1) is 21.7. The minimum Gasteiger partial charge on any atom is -0.507 e. The molecule has 7 nitrogen and oxygen atoms in total. The summed E-state index contributed by atoms with van der Waals surface area (Å²) in [5, 5.41) is 10.7. The third-order valence-corrected chi connectivity index (χ3v) is 6.75. The zero-order valence-electron chi connectivity index (χ0n) is 18.8. The molecule has 35 heavy (non-hydrogen) atoms. The first-order chi connectivity index (χ1) is 17.0. The van der Waals surface area contributed by atoms with Gasteiger partial charge in [0.1, 0.15) is 53.3 Å². The molecule has 0 unspecified atom stereocenters. The van der Waals surface area contributed by atoms with Crippen molar-refractivity contribution < 1.29 is 33.6 Å². The van der Waals surface area contributed by atoms with Crippen LogP contribution in [0.3, 0.4) is 0 Å². The van der Waals surface area contributed by atoms with Crippen LogP contribution in [0, 0.1) is 0 Å². The van der Waals surface area contributed by atoms with Crippen molar-refractivity contribution in [2.75, 3.05) is 0 Å². The summed E-state index contributed by atoms with van der Waals surface area (Å²) in [6.45, 7) is 0. The van der Waals surface area contributed by atoms with Crippen LogP contribution in [0.25, 0.3) is 0 Å². The monoisotopic (exact) mass is 472 g/mol. The second-order valence-electron chi connectivity index (χ2n) is 9.09. The van der Waals surface area contributed by atoms with Crippen LogP contribution in [0.2, 0.25) is 0 Å². The van der Waals surface area contributed by atoms with Gasteiger partial charge in [-0.25, -0.2) is 0 Å². The number of carbonyl (C=O) groups excluding carboxylic acids is 2. The summed E-state index contributed by atoms with van der Waals surface area (Å²) in [6.07, 6.45) is -0.978. The van der Waals surface area contributed by atoms with Gasteiger partial charge in [-0.15, -0.1) is 0 Å². The van der Waals surface area contributed by atoms with E-state index in [4.69, 9.17) is 18.9 Å². The largest absolute Gasteiger partial charge is 0.507 e. The summed E-state index contributed by atoms with van der Waals surface area (Å²) in [6, 6.07) is 22.2. The Kier molecular flexibility index (Phi) is 5.41. The van der Waals surface area contributed by atoms with Gasteiger partial charge in [0.05, 0.1) is 12.8 Å². The smallest absolute Gasteiger partial charge is 0.308 e. The first-order valence-corrected chi connectivity index (χ1v) is 11.7. The predicted octanol–water partition coefficient (Wildman–Crippen LogP) is 4.69. The highest BCUT2D eigenvalue weighted by Crippen LogP contribution is 2.44. The normalized spacial score (nSPS) is 25.8. The van der Waals surface area contributed by atoms with Crippen molar-refractivity contribution in [1.82, 2.24) is 0 Å². The SMILES string of the molecule is O=C1C[C@H]2O[C@H]([C@H](Oc3cc(O)c4c(c3)O[C@H](c3ccccc3)CC4=O)c3ccccc3)C[C@H]2O1. The van der Waals surface area contributed by atoms with Crippen LogP contribution in [-0.4, -0.2) is 35.2 Å². The number of phenolic OH excluding ortho intramolecular Hbond substituents is 1. The van der Waals surface area contributed by atoms with E-state index in [1.54, 1.807) is 6.07 Å². The molecule has 3 aliphatic rings. The van der Waals surface area contributed by atoms with Crippen LogP contribution in [0.1, 0.15) is 53.0 Å². The maximum Gasteiger partial charge on any atom is 0.308 e. The van der Waals surface area contributed by atoms with E-state index in [1.165, 1.54) is 6.07 Å². The molecule has 0 bridgehead atoms. The van der Waals surface area contributed by atoms with E-state index < -0.39 is 12.2 Å². The number of esters is 1. The minimum absolute atomic E-state index is 0.148. The number of hydrogen-bond acceptors (Lipinski definition) is 7. The zero-order chi connectivity index (χ0) is 23.9. The van der Waals surface area contributed by atoms with Gasteiger partial charge < -0.3 is 24.1 Å². The Balaban J connectivity index is 1.30. The van der Waals surface area contributed by atoms with Gasteiger partial charge in [0.2, 0.25) is 0 Å². The molecule has 2 fully saturated rings. The topological polar surface area (TPSA) is 91.3 Å². The Morgan fingerprint density at radius 1 is 0.886 bits per heavy atom. The number of benzene rings is 3. The molecule has 3 heterocycles. The van der Waals surface area contributed by atoms with E-state index in [-0.39, 0.29) is 60.0 Å². The second kappa shape index (κ2) is 8.74. The average molecular weight is 472 g/mol. The molecule has 1 N–H and O–H groups in total. The number of ether oxygens (including phenoxy) is 4. The number of hydrogen-bond donors (Lipinski definition) is 1. The van der Waals surface area contributed by atoms with Crippen molar-refractivity contribution in [1.29, 1.82) is 0 Å². The van der Waals surface area contributed by atoms with E-state index in [1.807, 2.05) is 60.7 Å². The molecule has 0 aliphatic carbocycles. The molecule has 3 aliphatic heterocycles. The summed E-state index contributed by atoms with van der Waals surface area (Å²) in [4.78, 5) is 24.5. The van der Waals surface area contributed by atoms with Crippen molar-refractivity contribution in [3.63, 3.8) is 0 Å². The van der Waals surface area contributed by atoms with Crippen LogP contribution in [0.15, 0.2) is 72.8 Å². The van der Waals surface area contributed by atoms with E-state index in [2.05, 4.69) is 0 Å². The van der Waals surface area contributed by atoms with Crippen molar-refractivity contribution in [3.8, 4) is 17.2 Å². The van der Waals surface area contributed by atoms with Crippen molar-refractivity contribution in [3.05, 3.63) is 89.5 Å². The summed E-state index contributed by atoms with van der Waals surface area (Å²) in [7, 11) is 0. The number of rotatable bonds is 5. The van der Waals surface area contributed by atoms with Crippen LogP contribution in [0.5, 0.6) is 17.2 Å². The fraction of sp³-hybridized carbons (Fsp3) is 0.286. The lowest BCUT2D eigenvalue weighted by molar-refractivity contribution is -0.141. The number of Topliss-reactive ketones (excluding diaryl/α,β-unsaturated/α-hetero) is 1. The van der Waals surface area contributed by atoms with Gasteiger partial charge in [-0.2, -0.15) is 0 Å². The van der Waals surface area contributed by atoms with E-state index in [0.717, 1.165) is 11.1 Å². The van der Waals surface area contributed by atoms with Crippen molar-refractivity contribution >= 4 is 11.8 Å². The second-order valence-corrected chi connectivity index (χ2v) is 9.09. The molecule has 2 saturated heterocycles. The molecule has 5 atom stereocenters. The lowest BCUT2D eigenvalue weighted by Gasteiger charge is -2.28. The molecule has 7 heteroatoms. The molecule has 3 aromatic carbocycles. The van der Waals surface area contributed by atoms with Crippen LogP contribution >= 0.6 is 0 Å². The quantitative estimate of drug-likeness (QED) is 0.539. The lowest BCUT2D eigenvalue weighted by Crippen LogP contribution is -2.25. The molecular weight excluding hydrogens is 448 g/mol. The Hall–Kier alpha value is -3.84. The Bertz CT molecular complexity index is 1240. The third-order valence-electron chi connectivity index (χ3n) is 6.75. The highest BCUT2D eigenvalue weighted by atomic mass is 16.6. The number of phenols is 1. The minimum atomic E-state index is -0.512. The van der Waals surface area contributed by atoms with Crippen LogP contribution in [0.4, 0.5) is 0 Å². The highest BCUT2D eigenvalue weighted by molar-refractivity contribution is 6.02. The molecule has 0 amide bonds. The van der Waals surface area contributed by atoms with E-state index >= 15 is 0 Å². The zero-order valence-corrected chi connectivity index (χ0v) is 18.8. The Morgan fingerprint density at radius 3 is 2.37 bits per heavy atom. The summed E-state index contributed by atoms with van der Waals surface area (Å²) < 4.78 is 24.1. The van der Waals surface area contributed by atoms with Gasteiger partial charge in [-0.1, -0.05) is 60.7 Å². The van der Waals surface area contributed by atoms with E-state index in [0.29, 0.717) is 12.2 Å². The van der Waals surface area contributed by atoms with Gasteiger partial charge in [0.15, 0.2) is 5.78 Å². The van der Waals surface area contributed by atoms with Crippen molar-refractivity contribution in [2.45, 2.75) is 49.8 Å². The molecular formula is C28H24O7. The van der Waals surface area contributed by atoms with Gasteiger partial charge in [-0.05, 0) is 11.1 Å². The standard InChI is InChI=1S/C28H24O7/c29-19-11-18(12-24-27(19)20(30)13-21(33-24)16-7-3-1-4-8-16)32-28(17-9-5-2-6-10-17)25-14-22-23(34-25)15-26(31)35-22/h1-12,21-23,25,28-29H,13-15H2/t21-,22+,23+,25-,28+/m0/s1. The molecule has 0 spiro atoms. The number of ketones is 1. The molecule has 3 aromatic rings. The van der Waals surface area contributed by atoms with Gasteiger partial charge in [-0.3, -0.25) is 9.59 Å². The van der Waals surface area contributed by atoms with Crippen LogP contribution in [-0.2, 0) is 14.3 Å². The maximum atomic E-state index is 12.9. The third kappa shape index (κ3) is 4.12. The number of fused-ring (bicyclic) bond motifs is 2.